The first-order chi connectivity index (χ1) is 7.10. The lowest BCUT2D eigenvalue weighted by Crippen LogP contribution is -2.40. The van der Waals surface area contributed by atoms with Crippen molar-refractivity contribution in [2.45, 2.75) is 25.7 Å². The third kappa shape index (κ3) is 3.56. The van der Waals surface area contributed by atoms with Gasteiger partial charge in [-0.15, -0.1) is 6.58 Å². The highest BCUT2D eigenvalue weighted by Gasteiger charge is 2.20. The van der Waals surface area contributed by atoms with E-state index in [2.05, 4.69) is 53.4 Å². The van der Waals surface area contributed by atoms with E-state index in [0.717, 1.165) is 6.04 Å². The molecule has 0 aliphatic heterocycles. The summed E-state index contributed by atoms with van der Waals surface area (Å²) in [5, 5.41) is 1.48. The van der Waals surface area contributed by atoms with Crippen molar-refractivity contribution in [3.8, 4) is 0 Å². The molecule has 0 bridgehead atoms. The Morgan fingerprint density at radius 2 is 1.93 bits per heavy atom. The van der Waals surface area contributed by atoms with E-state index >= 15 is 0 Å². The van der Waals surface area contributed by atoms with Gasteiger partial charge in [0, 0.05) is 9.47 Å². The van der Waals surface area contributed by atoms with Gasteiger partial charge in [0.25, 0.3) is 0 Å². The number of hydrogen-bond acceptors (Lipinski definition) is 1. The molecule has 1 aromatic carbocycles. The SMILES string of the molecule is C=CC[Si](C)(C)c1ccc(COP)cc1. The van der Waals surface area contributed by atoms with Crippen LogP contribution >= 0.6 is 9.47 Å². The van der Waals surface area contributed by atoms with Crippen molar-refractivity contribution in [2.75, 3.05) is 0 Å². The summed E-state index contributed by atoms with van der Waals surface area (Å²) >= 11 is 0. The molecule has 1 nitrogen and oxygen atoms in total. The van der Waals surface area contributed by atoms with Gasteiger partial charge >= 0.3 is 0 Å². The van der Waals surface area contributed by atoms with Crippen LogP contribution < -0.4 is 5.19 Å². The van der Waals surface area contributed by atoms with Crippen molar-refractivity contribution in [2.24, 2.45) is 0 Å². The van der Waals surface area contributed by atoms with Gasteiger partial charge in [-0.2, -0.15) is 0 Å². The molecule has 0 N–H and O–H groups in total. The van der Waals surface area contributed by atoms with Crippen LogP contribution in [0.2, 0.25) is 19.1 Å². The molecule has 0 fully saturated rings. The quantitative estimate of drug-likeness (QED) is 0.435. The Balaban J connectivity index is 2.83. The van der Waals surface area contributed by atoms with Crippen LogP contribution in [0.1, 0.15) is 5.56 Å². The lowest BCUT2D eigenvalue weighted by Gasteiger charge is -2.21. The molecule has 1 atom stereocenters. The molecule has 1 rings (SSSR count). The van der Waals surface area contributed by atoms with Crippen LogP contribution in [0.15, 0.2) is 36.9 Å². The molecule has 0 aliphatic rings. The van der Waals surface area contributed by atoms with Gasteiger partial charge < -0.3 is 4.52 Å². The zero-order chi connectivity index (χ0) is 11.3. The van der Waals surface area contributed by atoms with Crippen LogP contribution in [0.4, 0.5) is 0 Å². The van der Waals surface area contributed by atoms with E-state index in [-0.39, 0.29) is 0 Å². The monoisotopic (exact) mass is 238 g/mol. The summed E-state index contributed by atoms with van der Waals surface area (Å²) in [5.41, 5.74) is 1.22. The molecule has 1 unspecified atom stereocenters. The summed E-state index contributed by atoms with van der Waals surface area (Å²) < 4.78 is 5.01. The molecule has 0 amide bonds. The first-order valence-corrected chi connectivity index (χ1v) is 8.80. The standard InChI is InChI=1S/C12H19OPSi/c1-4-9-15(2,3)12-7-5-11(6-8-12)10-13-14/h4-8H,1,9-10,14H2,2-3H3. The van der Waals surface area contributed by atoms with Gasteiger partial charge in [0.15, 0.2) is 0 Å². The first-order valence-electron chi connectivity index (χ1n) is 5.12. The molecule has 0 aliphatic carbocycles. The third-order valence-electron chi connectivity index (χ3n) is 2.64. The Hall–Kier alpha value is -0.433. The Labute approximate surface area is 95.8 Å². The van der Waals surface area contributed by atoms with Crippen LogP contribution in [0.3, 0.4) is 0 Å². The van der Waals surface area contributed by atoms with Crippen LogP contribution in [0, 0.1) is 0 Å². The second-order valence-electron chi connectivity index (χ2n) is 4.38. The fourth-order valence-electron chi connectivity index (χ4n) is 1.63. The van der Waals surface area contributed by atoms with Gasteiger partial charge in [-0.3, -0.25) is 0 Å². The van der Waals surface area contributed by atoms with Crippen molar-refractivity contribution < 1.29 is 4.52 Å². The van der Waals surface area contributed by atoms with Crippen LogP contribution in [0.5, 0.6) is 0 Å². The summed E-state index contributed by atoms with van der Waals surface area (Å²) in [4.78, 5) is 0. The summed E-state index contributed by atoms with van der Waals surface area (Å²) in [6, 6.07) is 9.89. The lowest BCUT2D eigenvalue weighted by molar-refractivity contribution is 0.362. The molecule has 0 saturated carbocycles. The van der Waals surface area contributed by atoms with E-state index in [1.54, 1.807) is 0 Å². The minimum atomic E-state index is -1.29. The highest BCUT2D eigenvalue weighted by atomic mass is 31.0. The van der Waals surface area contributed by atoms with Crippen molar-refractivity contribution in [3.63, 3.8) is 0 Å². The molecule has 0 heterocycles. The number of hydrogen-bond donors (Lipinski definition) is 0. The van der Waals surface area contributed by atoms with E-state index in [1.165, 1.54) is 10.8 Å². The normalized spacial score (nSPS) is 11.4. The van der Waals surface area contributed by atoms with Gasteiger partial charge in [-0.25, -0.2) is 0 Å². The lowest BCUT2D eigenvalue weighted by atomic mass is 10.2. The van der Waals surface area contributed by atoms with Gasteiger partial charge in [0.05, 0.1) is 14.7 Å². The van der Waals surface area contributed by atoms with Gasteiger partial charge in [-0.1, -0.05) is 48.6 Å². The smallest absolute Gasteiger partial charge is 0.0843 e. The fraction of sp³-hybridized carbons (Fsp3) is 0.333. The summed E-state index contributed by atoms with van der Waals surface area (Å²) in [6.07, 6.45) is 2.03. The van der Waals surface area contributed by atoms with Crippen molar-refractivity contribution in [1.82, 2.24) is 0 Å². The molecule has 0 aromatic heterocycles. The number of allylic oxidation sites excluding steroid dienone is 1. The Kier molecular flexibility index (Phi) is 4.71. The van der Waals surface area contributed by atoms with Crippen molar-refractivity contribution in [1.29, 1.82) is 0 Å². The predicted molar refractivity (Wildman–Crippen MR) is 73.1 cm³/mol. The maximum absolute atomic E-state index is 5.01. The molecule has 0 saturated heterocycles. The average molecular weight is 238 g/mol. The zero-order valence-corrected chi connectivity index (χ0v) is 11.6. The molecule has 3 heteroatoms. The Bertz CT molecular complexity index is 319. The minimum Gasteiger partial charge on any atom is -0.361 e. The molecule has 0 spiro atoms. The number of rotatable bonds is 5. The highest BCUT2D eigenvalue weighted by Crippen LogP contribution is 2.11. The molecular weight excluding hydrogens is 219 g/mol. The van der Waals surface area contributed by atoms with E-state index in [1.807, 2.05) is 6.08 Å². The van der Waals surface area contributed by atoms with Crippen LogP contribution in [0.25, 0.3) is 0 Å². The largest absolute Gasteiger partial charge is 0.361 e. The topological polar surface area (TPSA) is 9.23 Å². The first kappa shape index (κ1) is 12.6. The van der Waals surface area contributed by atoms with Gasteiger partial charge in [0.2, 0.25) is 0 Å². The van der Waals surface area contributed by atoms with E-state index < -0.39 is 8.07 Å². The molecule has 82 valence electrons. The summed E-state index contributed by atoms with van der Waals surface area (Å²) in [7, 11) is 0.987. The van der Waals surface area contributed by atoms with Crippen molar-refractivity contribution in [3.05, 3.63) is 42.5 Å². The molecular formula is C12H19OPSi. The number of benzene rings is 1. The van der Waals surface area contributed by atoms with Gasteiger partial charge in [-0.05, 0) is 11.6 Å². The van der Waals surface area contributed by atoms with Crippen LogP contribution in [-0.2, 0) is 11.1 Å². The van der Waals surface area contributed by atoms with Crippen LogP contribution in [-0.4, -0.2) is 8.07 Å². The maximum atomic E-state index is 5.01. The van der Waals surface area contributed by atoms with Crippen molar-refractivity contribution >= 4 is 22.7 Å². The third-order valence-corrected chi connectivity index (χ3v) is 6.01. The highest BCUT2D eigenvalue weighted by molar-refractivity contribution is 7.09. The minimum absolute atomic E-state index is 0.661. The average Bonchev–Trinajstić information content (AvgIpc) is 2.19. The summed E-state index contributed by atoms with van der Waals surface area (Å²) in [5.74, 6) is 0. The summed E-state index contributed by atoms with van der Waals surface area (Å²) in [6.45, 7) is 9.23. The fourth-order valence-corrected chi connectivity index (χ4v) is 3.85. The Morgan fingerprint density at radius 3 is 2.40 bits per heavy atom. The molecule has 15 heavy (non-hydrogen) atoms. The van der Waals surface area contributed by atoms with E-state index in [9.17, 15) is 0 Å². The molecule has 1 aromatic rings. The second-order valence-corrected chi connectivity index (χ2v) is 9.47. The maximum Gasteiger partial charge on any atom is 0.0843 e. The molecule has 0 radical (unpaired) electrons. The van der Waals surface area contributed by atoms with E-state index in [4.69, 9.17) is 4.52 Å². The Morgan fingerprint density at radius 1 is 1.33 bits per heavy atom. The van der Waals surface area contributed by atoms with Gasteiger partial charge in [0.1, 0.15) is 0 Å². The zero-order valence-electron chi connectivity index (χ0n) is 9.49. The second kappa shape index (κ2) is 5.60. The van der Waals surface area contributed by atoms with E-state index in [0.29, 0.717) is 6.61 Å². The predicted octanol–water partition coefficient (Wildman–Crippen LogP) is 3.09.